The quantitative estimate of drug-likeness (QED) is 0.186. The molecule has 0 unspecified atom stereocenters. The van der Waals surface area contributed by atoms with Crippen molar-refractivity contribution in [3.8, 4) is 22.4 Å². The molecular weight excluding hydrogens is 643 g/mol. The molecule has 0 N–H and O–H groups in total. The van der Waals surface area contributed by atoms with Crippen molar-refractivity contribution >= 4 is 77.7 Å². The molecule has 0 saturated carbocycles. The van der Waals surface area contributed by atoms with Crippen molar-refractivity contribution in [2.75, 3.05) is 4.90 Å². The molecule has 0 amide bonds. The Morgan fingerprint density at radius 1 is 0.481 bits per heavy atom. The summed E-state index contributed by atoms with van der Waals surface area (Å²) < 4.78 is 15.4. The number of anilines is 2. The number of nitrogens with zero attached hydrogens (tertiary/aromatic N) is 5. The van der Waals surface area contributed by atoms with E-state index in [0.717, 1.165) is 94.1 Å². The van der Waals surface area contributed by atoms with Crippen LogP contribution in [0.25, 0.3) is 88.2 Å². The van der Waals surface area contributed by atoms with E-state index in [1.807, 2.05) is 42.5 Å². The summed E-state index contributed by atoms with van der Waals surface area (Å²) in [5.74, 6) is 1.40. The predicted octanol–water partition coefficient (Wildman–Crippen LogP) is 11.8. The number of benzene rings is 6. The van der Waals surface area contributed by atoms with Gasteiger partial charge < -0.3 is 13.4 Å². The lowest BCUT2D eigenvalue weighted by Gasteiger charge is -2.40. The lowest BCUT2D eigenvalue weighted by atomic mass is 9.82. The van der Waals surface area contributed by atoms with Crippen molar-refractivity contribution in [3.63, 3.8) is 0 Å². The van der Waals surface area contributed by atoms with E-state index in [4.69, 9.17) is 23.8 Å². The zero-order valence-electron chi connectivity index (χ0n) is 29.2. The minimum atomic E-state index is -0.455. The molecule has 6 aromatic carbocycles. The highest BCUT2D eigenvalue weighted by Crippen LogP contribution is 2.52. The zero-order chi connectivity index (χ0) is 34.9. The molecule has 1 aliphatic rings. The van der Waals surface area contributed by atoms with Gasteiger partial charge in [0.05, 0.1) is 33.3 Å². The van der Waals surface area contributed by atoms with Crippen LogP contribution in [0, 0.1) is 0 Å². The van der Waals surface area contributed by atoms with Gasteiger partial charge in [0.2, 0.25) is 11.9 Å². The van der Waals surface area contributed by atoms with E-state index in [9.17, 15) is 0 Å². The monoisotopic (exact) mass is 675 g/mol. The molecule has 11 rings (SSSR count). The van der Waals surface area contributed by atoms with E-state index in [1.165, 1.54) is 0 Å². The average Bonchev–Trinajstić information content (AvgIpc) is 3.88. The third kappa shape index (κ3) is 3.72. The van der Waals surface area contributed by atoms with Crippen LogP contribution in [0.1, 0.15) is 27.7 Å². The van der Waals surface area contributed by atoms with E-state index in [1.54, 1.807) is 0 Å². The molecule has 0 atom stereocenters. The van der Waals surface area contributed by atoms with E-state index in [-0.39, 0.29) is 0 Å². The summed E-state index contributed by atoms with van der Waals surface area (Å²) in [7, 11) is 0. The summed E-state index contributed by atoms with van der Waals surface area (Å²) in [6.45, 7) is 9.07. The largest absolute Gasteiger partial charge is 0.455 e. The second kappa shape index (κ2) is 10.1. The second-order valence-corrected chi connectivity index (χ2v) is 14.8. The van der Waals surface area contributed by atoms with Gasteiger partial charge in [0.1, 0.15) is 22.3 Å². The molecule has 52 heavy (non-hydrogen) atoms. The summed E-state index contributed by atoms with van der Waals surface area (Å²) in [6, 6.07) is 43.7. The molecule has 0 aliphatic carbocycles. The van der Waals surface area contributed by atoms with Crippen molar-refractivity contribution in [2.45, 2.75) is 38.8 Å². The number of hydrogen-bond acceptors (Lipinski definition) is 6. The summed E-state index contributed by atoms with van der Waals surface area (Å²) in [5.41, 5.74) is 9.17. The number of aromatic nitrogens is 4. The third-order valence-electron chi connectivity index (χ3n) is 11.6. The third-order valence-corrected chi connectivity index (χ3v) is 11.6. The Balaban J connectivity index is 1.16. The van der Waals surface area contributed by atoms with Gasteiger partial charge in [-0.3, -0.25) is 4.90 Å². The summed E-state index contributed by atoms with van der Waals surface area (Å²) in [6.07, 6.45) is 0. The Hall–Kier alpha value is -6.47. The highest BCUT2D eigenvalue weighted by molar-refractivity contribution is 6.13. The number of imidazole rings is 1. The lowest BCUT2D eigenvalue weighted by molar-refractivity contribution is 0.251. The van der Waals surface area contributed by atoms with Gasteiger partial charge in [-0.2, -0.15) is 0 Å². The molecule has 0 fully saturated rings. The predicted molar refractivity (Wildman–Crippen MR) is 210 cm³/mol. The summed E-state index contributed by atoms with van der Waals surface area (Å²) >= 11 is 0. The Labute approximate surface area is 298 Å². The molecule has 7 heteroatoms. The SMILES string of the molecule is CC1(C)N(c2nc(-c3cccc4c3oc3ccccc34)c3ccccc3n2)c2nc3c(-c4cccc5c4oc4ccccc45)cccc3n2C1(C)C. The molecular formula is C45H33N5O2. The zero-order valence-corrected chi connectivity index (χ0v) is 29.2. The standard InChI is InChI=1S/C45H33N5O2/c1-44(2)45(3,4)50(42-46-34-22-8-5-16-32(34)38(47-42)33-21-12-19-30-27-15-7-10-25-37(27)52-41(30)33)43-48-39-28(17-13-23-35(39)49(43)44)31-20-11-18-29-26-14-6-9-24-36(26)51-40(29)31/h5-25H,1-4H3. The number of rotatable bonds is 3. The normalized spacial score (nSPS) is 15.2. The number of hydrogen-bond donors (Lipinski definition) is 0. The molecule has 1 aliphatic heterocycles. The first-order chi connectivity index (χ1) is 25.3. The van der Waals surface area contributed by atoms with Crippen molar-refractivity contribution in [1.29, 1.82) is 0 Å². The van der Waals surface area contributed by atoms with Gasteiger partial charge in [-0.1, -0.05) is 97.1 Å². The van der Waals surface area contributed by atoms with Crippen molar-refractivity contribution in [1.82, 2.24) is 19.5 Å². The minimum absolute atomic E-state index is 0.394. The van der Waals surface area contributed by atoms with Crippen LogP contribution in [-0.4, -0.2) is 25.1 Å². The Kier molecular flexibility index (Phi) is 5.67. The maximum Gasteiger partial charge on any atom is 0.234 e. The number of furan rings is 2. The van der Waals surface area contributed by atoms with Gasteiger partial charge in [-0.25, -0.2) is 15.0 Å². The molecule has 0 bridgehead atoms. The van der Waals surface area contributed by atoms with Gasteiger partial charge in [-0.05, 0) is 58.0 Å². The topological polar surface area (TPSA) is 73.1 Å². The second-order valence-electron chi connectivity index (χ2n) is 14.8. The average molecular weight is 676 g/mol. The maximum absolute atomic E-state index is 6.53. The fraction of sp³-hybridized carbons (Fsp3) is 0.133. The Morgan fingerprint density at radius 2 is 1.04 bits per heavy atom. The summed E-state index contributed by atoms with van der Waals surface area (Å²) in [4.78, 5) is 18.4. The first-order valence-corrected chi connectivity index (χ1v) is 17.7. The van der Waals surface area contributed by atoms with E-state index < -0.39 is 11.1 Å². The molecule has 0 radical (unpaired) electrons. The van der Waals surface area contributed by atoms with Crippen LogP contribution in [-0.2, 0) is 5.54 Å². The van der Waals surface area contributed by atoms with Crippen LogP contribution < -0.4 is 4.90 Å². The molecule has 10 aromatic rings. The van der Waals surface area contributed by atoms with Crippen molar-refractivity contribution in [3.05, 3.63) is 127 Å². The Morgan fingerprint density at radius 3 is 1.75 bits per heavy atom. The van der Waals surface area contributed by atoms with Gasteiger partial charge >= 0.3 is 0 Å². The van der Waals surface area contributed by atoms with E-state index in [2.05, 4.69) is 122 Å². The lowest BCUT2D eigenvalue weighted by Crippen LogP contribution is -2.51. The molecule has 5 heterocycles. The Bertz CT molecular complexity index is 3110. The fourth-order valence-electron chi connectivity index (χ4n) is 8.40. The van der Waals surface area contributed by atoms with E-state index in [0.29, 0.717) is 5.95 Å². The molecule has 7 nitrogen and oxygen atoms in total. The highest BCUT2D eigenvalue weighted by atomic mass is 16.3. The van der Waals surface area contributed by atoms with Gasteiger partial charge in [0, 0.05) is 43.6 Å². The van der Waals surface area contributed by atoms with Crippen LogP contribution >= 0.6 is 0 Å². The molecule has 0 spiro atoms. The van der Waals surface area contributed by atoms with Crippen molar-refractivity contribution in [2.24, 2.45) is 0 Å². The maximum atomic E-state index is 6.53. The highest BCUT2D eigenvalue weighted by Gasteiger charge is 2.54. The van der Waals surface area contributed by atoms with Gasteiger partial charge in [0.15, 0.2) is 0 Å². The van der Waals surface area contributed by atoms with E-state index >= 15 is 0 Å². The van der Waals surface area contributed by atoms with Crippen LogP contribution in [0.4, 0.5) is 11.9 Å². The summed E-state index contributed by atoms with van der Waals surface area (Å²) in [5, 5.41) is 5.31. The van der Waals surface area contributed by atoms with Crippen LogP contribution in [0.5, 0.6) is 0 Å². The van der Waals surface area contributed by atoms with Crippen LogP contribution in [0.2, 0.25) is 0 Å². The van der Waals surface area contributed by atoms with Gasteiger partial charge in [0.25, 0.3) is 0 Å². The first kappa shape index (κ1) is 29.3. The smallest absolute Gasteiger partial charge is 0.234 e. The number of fused-ring (bicyclic) bond motifs is 10. The fourth-order valence-corrected chi connectivity index (χ4v) is 8.40. The molecule has 250 valence electrons. The number of para-hydroxylation sites is 6. The van der Waals surface area contributed by atoms with Crippen LogP contribution in [0.3, 0.4) is 0 Å². The van der Waals surface area contributed by atoms with Crippen LogP contribution in [0.15, 0.2) is 136 Å². The van der Waals surface area contributed by atoms with Crippen molar-refractivity contribution < 1.29 is 8.83 Å². The molecule has 0 saturated heterocycles. The minimum Gasteiger partial charge on any atom is -0.455 e. The molecule has 4 aromatic heterocycles. The van der Waals surface area contributed by atoms with Gasteiger partial charge in [-0.15, -0.1) is 0 Å². The first-order valence-electron chi connectivity index (χ1n) is 17.7.